The fraction of sp³-hybridized carbons (Fsp3) is 0.174. The van der Waals surface area contributed by atoms with Crippen molar-refractivity contribution >= 4 is 21.3 Å². The number of nitrogens with zero attached hydrogens (tertiary/aromatic N) is 6. The molecular formula is C23H19F3N8O2S. The summed E-state index contributed by atoms with van der Waals surface area (Å²) in [6, 6.07) is 16.9. The monoisotopic (exact) mass is 528 g/mol. The number of fused-ring (bicyclic) bond motifs is 1. The van der Waals surface area contributed by atoms with E-state index >= 15 is 0 Å². The van der Waals surface area contributed by atoms with Crippen molar-refractivity contribution in [1.82, 2.24) is 35.2 Å². The summed E-state index contributed by atoms with van der Waals surface area (Å²) in [5, 5.41) is 21.2. The molecule has 0 aliphatic carbocycles. The van der Waals surface area contributed by atoms with Crippen molar-refractivity contribution in [2.45, 2.75) is 30.3 Å². The Morgan fingerprint density at radius 1 is 1.05 bits per heavy atom. The number of aromatic nitrogens is 7. The van der Waals surface area contributed by atoms with E-state index in [4.69, 9.17) is 0 Å². The molecule has 0 saturated heterocycles. The molecule has 0 atom stereocenters. The van der Waals surface area contributed by atoms with Gasteiger partial charge in [0.2, 0.25) is 5.82 Å². The van der Waals surface area contributed by atoms with Crippen LogP contribution in [0.4, 0.5) is 19.0 Å². The predicted octanol–water partition coefficient (Wildman–Crippen LogP) is 4.04. The van der Waals surface area contributed by atoms with E-state index in [2.05, 4.69) is 36.0 Å². The highest BCUT2D eigenvalue weighted by Gasteiger charge is 2.49. The number of hydrogen-bond donors (Lipinski definition) is 2. The number of H-pyrrole nitrogens is 1. The molecule has 3 aromatic heterocycles. The minimum atomic E-state index is -5.61. The lowest BCUT2D eigenvalue weighted by Crippen LogP contribution is -2.23. The third kappa shape index (κ3) is 4.50. The lowest BCUT2D eigenvalue weighted by Gasteiger charge is -2.12. The van der Waals surface area contributed by atoms with E-state index in [1.54, 1.807) is 13.0 Å². The Morgan fingerprint density at radius 3 is 2.43 bits per heavy atom. The van der Waals surface area contributed by atoms with Crippen LogP contribution in [0.25, 0.3) is 28.2 Å². The van der Waals surface area contributed by atoms with E-state index in [0.717, 1.165) is 26.8 Å². The number of alkyl halides is 3. The Balaban J connectivity index is 1.42. The van der Waals surface area contributed by atoms with Crippen LogP contribution in [-0.2, 0) is 22.8 Å². The molecule has 14 heteroatoms. The van der Waals surface area contributed by atoms with Gasteiger partial charge in [0.1, 0.15) is 10.7 Å². The maximum absolute atomic E-state index is 13.2. The van der Waals surface area contributed by atoms with E-state index in [-0.39, 0.29) is 5.65 Å². The van der Waals surface area contributed by atoms with Gasteiger partial charge in [-0.15, -0.1) is 10.2 Å². The van der Waals surface area contributed by atoms with Crippen molar-refractivity contribution in [2.24, 2.45) is 0 Å². The van der Waals surface area contributed by atoms with Crippen molar-refractivity contribution in [3.05, 3.63) is 72.1 Å². The molecule has 0 unspecified atom stereocenters. The second-order valence-electron chi connectivity index (χ2n) is 8.01. The molecule has 0 spiro atoms. The van der Waals surface area contributed by atoms with Crippen molar-refractivity contribution in [3.63, 3.8) is 0 Å². The first-order valence-electron chi connectivity index (χ1n) is 11.0. The molecule has 0 bridgehead atoms. The van der Waals surface area contributed by atoms with Gasteiger partial charge >= 0.3 is 5.51 Å². The molecule has 3 heterocycles. The number of rotatable bonds is 7. The normalized spacial score (nSPS) is 12.2. The number of nitrogens with one attached hydrogen (secondary N) is 2. The van der Waals surface area contributed by atoms with Crippen LogP contribution < -0.4 is 5.32 Å². The Morgan fingerprint density at radius 2 is 1.78 bits per heavy atom. The summed E-state index contributed by atoms with van der Waals surface area (Å²) in [5.74, 6) is 0.790. The lowest BCUT2D eigenvalue weighted by atomic mass is 9.98. The summed E-state index contributed by atoms with van der Waals surface area (Å²) in [4.78, 5) is 3.10. The quantitative estimate of drug-likeness (QED) is 0.324. The van der Waals surface area contributed by atoms with Crippen molar-refractivity contribution in [2.75, 3.05) is 5.32 Å². The number of sulfone groups is 1. The van der Waals surface area contributed by atoms with Gasteiger partial charge < -0.3 is 5.32 Å². The topological polar surface area (TPSA) is 131 Å². The largest absolute Gasteiger partial charge is 0.502 e. The molecule has 0 saturated carbocycles. The van der Waals surface area contributed by atoms with Gasteiger partial charge in [0, 0.05) is 23.9 Å². The summed E-state index contributed by atoms with van der Waals surface area (Å²) < 4.78 is 64.6. The number of halogens is 3. The Hall–Kier alpha value is -4.33. The molecule has 2 N–H and O–H groups in total. The summed E-state index contributed by atoms with van der Waals surface area (Å²) in [6.45, 7) is 2.07. The average molecular weight is 529 g/mol. The first kappa shape index (κ1) is 24.4. The third-order valence-electron chi connectivity index (χ3n) is 5.70. The highest BCUT2D eigenvalue weighted by atomic mass is 32.2. The number of hydrogen-bond acceptors (Lipinski definition) is 8. The molecule has 190 valence electrons. The molecule has 5 rings (SSSR count). The summed E-state index contributed by atoms with van der Waals surface area (Å²) >= 11 is 0. The second kappa shape index (κ2) is 9.28. The van der Waals surface area contributed by atoms with Crippen molar-refractivity contribution < 1.29 is 21.6 Å². The van der Waals surface area contributed by atoms with Gasteiger partial charge in [-0.2, -0.15) is 28.0 Å². The average Bonchev–Trinajstić information content (AvgIpc) is 3.57. The molecule has 10 nitrogen and oxygen atoms in total. The molecule has 0 radical (unpaired) electrons. The van der Waals surface area contributed by atoms with E-state index in [0.29, 0.717) is 36.5 Å². The summed E-state index contributed by atoms with van der Waals surface area (Å²) in [7, 11) is -5.61. The van der Waals surface area contributed by atoms with Crippen LogP contribution in [-0.4, -0.2) is 49.1 Å². The lowest BCUT2D eigenvalue weighted by molar-refractivity contribution is -0.0435. The molecule has 37 heavy (non-hydrogen) atoms. The van der Waals surface area contributed by atoms with Crippen LogP contribution in [0.5, 0.6) is 0 Å². The van der Waals surface area contributed by atoms with Crippen LogP contribution in [0.3, 0.4) is 0 Å². The Bertz CT molecular complexity index is 1660. The highest BCUT2D eigenvalue weighted by Crippen LogP contribution is 2.33. The molecule has 2 aromatic carbocycles. The van der Waals surface area contributed by atoms with E-state index in [9.17, 15) is 21.6 Å². The number of anilines is 1. The third-order valence-corrected chi connectivity index (χ3v) is 7.18. The van der Waals surface area contributed by atoms with Crippen LogP contribution in [0.2, 0.25) is 0 Å². The van der Waals surface area contributed by atoms with Gasteiger partial charge in [-0.1, -0.05) is 55.5 Å². The maximum Gasteiger partial charge on any atom is 0.502 e. The van der Waals surface area contributed by atoms with Gasteiger partial charge in [0.05, 0.1) is 6.20 Å². The molecule has 0 amide bonds. The summed E-state index contributed by atoms with van der Waals surface area (Å²) in [5.41, 5.74) is -1.89. The molecular weight excluding hydrogens is 509 g/mol. The fourth-order valence-electron chi connectivity index (χ4n) is 3.81. The minimum Gasteiger partial charge on any atom is -0.366 e. The van der Waals surface area contributed by atoms with E-state index < -0.39 is 20.2 Å². The zero-order valence-electron chi connectivity index (χ0n) is 19.2. The first-order chi connectivity index (χ1) is 17.7. The number of benzene rings is 2. The predicted molar refractivity (Wildman–Crippen MR) is 128 cm³/mol. The second-order valence-corrected chi connectivity index (χ2v) is 9.92. The zero-order valence-corrected chi connectivity index (χ0v) is 20.0. The van der Waals surface area contributed by atoms with Crippen molar-refractivity contribution in [3.8, 4) is 22.5 Å². The molecule has 0 fully saturated rings. The van der Waals surface area contributed by atoms with Gasteiger partial charge in [-0.25, -0.2) is 13.4 Å². The molecule has 0 aliphatic rings. The van der Waals surface area contributed by atoms with Gasteiger partial charge in [-0.3, -0.25) is 0 Å². The van der Waals surface area contributed by atoms with Crippen molar-refractivity contribution in [1.29, 1.82) is 0 Å². The Labute approximate surface area is 208 Å². The summed E-state index contributed by atoms with van der Waals surface area (Å²) in [6.07, 6.45) is 1.06. The Kier molecular flexibility index (Phi) is 6.11. The maximum atomic E-state index is 13.2. The van der Waals surface area contributed by atoms with Gasteiger partial charge in [-0.05, 0) is 28.3 Å². The van der Waals surface area contributed by atoms with Crippen LogP contribution in [0.1, 0.15) is 18.2 Å². The van der Waals surface area contributed by atoms with Crippen LogP contribution in [0.15, 0.2) is 65.7 Å². The van der Waals surface area contributed by atoms with Gasteiger partial charge in [0.15, 0.2) is 5.65 Å². The highest BCUT2D eigenvalue weighted by molar-refractivity contribution is 7.92. The number of aryl methyl sites for hydroxylation is 1. The molecule has 0 aliphatic heterocycles. The van der Waals surface area contributed by atoms with E-state index in [1.807, 2.05) is 48.5 Å². The fourth-order valence-corrected chi connectivity index (χ4v) is 4.62. The van der Waals surface area contributed by atoms with Crippen LogP contribution >= 0.6 is 0 Å². The first-order valence-corrected chi connectivity index (χ1v) is 12.5. The SMILES string of the molecule is CCc1cc(NCc2ccc(-c3ccccc3-c3nn[nH]n3)cc2)n2ncc(S(=O)(=O)C(F)(F)F)c2n1. The number of tetrazole rings is 1. The molecule has 5 aromatic rings. The number of aromatic amines is 1. The zero-order chi connectivity index (χ0) is 26.2. The smallest absolute Gasteiger partial charge is 0.366 e. The standard InChI is InChI=1S/C23H19F3N8O2S/c1-2-16-11-20(34-22(29-16)19(13-28-34)37(35,36)23(24,25)26)27-12-14-7-9-15(10-8-14)17-5-3-4-6-18(17)21-30-32-33-31-21/h3-11,13,27H,2,12H2,1H3,(H,30,31,32,33). The minimum absolute atomic E-state index is 0.302. The van der Waals surface area contributed by atoms with Gasteiger partial charge in [0.25, 0.3) is 9.84 Å². The van der Waals surface area contributed by atoms with Crippen LogP contribution in [0, 0.1) is 0 Å². The van der Waals surface area contributed by atoms with E-state index in [1.165, 1.54) is 0 Å².